The number of hydrogen-bond donors (Lipinski definition) is 0. The van der Waals surface area contributed by atoms with Gasteiger partial charge in [-0.2, -0.15) is 10.4 Å². The Bertz CT molecular complexity index is 736. The number of carbonyl (C=O) groups is 1. The summed E-state index contributed by atoms with van der Waals surface area (Å²) in [4.78, 5) is 14.6. The van der Waals surface area contributed by atoms with Crippen molar-refractivity contribution < 1.29 is 9.53 Å². The summed E-state index contributed by atoms with van der Waals surface area (Å²) in [5.41, 5.74) is 0.518. The number of aromatic nitrogens is 2. The van der Waals surface area contributed by atoms with E-state index in [1.807, 2.05) is 21.8 Å². The highest BCUT2D eigenvalue weighted by atomic mass is 16.5. The van der Waals surface area contributed by atoms with E-state index >= 15 is 0 Å². The Morgan fingerprint density at radius 3 is 3.12 bits per heavy atom. The topological polar surface area (TPSA) is 71.2 Å². The lowest BCUT2D eigenvalue weighted by atomic mass is 10.2. The second-order valence-electron chi connectivity index (χ2n) is 5.96. The van der Waals surface area contributed by atoms with Gasteiger partial charge in [-0.3, -0.25) is 9.48 Å². The summed E-state index contributed by atoms with van der Waals surface area (Å²) in [5, 5.41) is 13.2. The summed E-state index contributed by atoms with van der Waals surface area (Å²) in [7, 11) is 0. The molecule has 124 valence electrons. The Balaban J connectivity index is 1.64. The number of nitrogens with zero attached hydrogens (tertiary/aromatic N) is 4. The van der Waals surface area contributed by atoms with E-state index in [9.17, 15) is 4.79 Å². The second kappa shape index (κ2) is 7.18. The van der Waals surface area contributed by atoms with E-state index in [4.69, 9.17) is 10.00 Å². The Morgan fingerprint density at radius 2 is 2.38 bits per heavy atom. The van der Waals surface area contributed by atoms with E-state index in [-0.39, 0.29) is 11.9 Å². The van der Waals surface area contributed by atoms with Gasteiger partial charge in [0.15, 0.2) is 6.10 Å². The molecular weight excluding hydrogens is 304 g/mol. The van der Waals surface area contributed by atoms with E-state index in [0.29, 0.717) is 17.9 Å². The molecule has 2 heterocycles. The first kappa shape index (κ1) is 16.1. The van der Waals surface area contributed by atoms with Gasteiger partial charge in [0.1, 0.15) is 5.75 Å². The van der Waals surface area contributed by atoms with E-state index in [1.54, 1.807) is 37.4 Å². The number of benzene rings is 1. The van der Waals surface area contributed by atoms with Crippen molar-refractivity contribution >= 4 is 5.91 Å². The van der Waals surface area contributed by atoms with Crippen LogP contribution in [0.4, 0.5) is 0 Å². The number of ether oxygens (including phenoxy) is 1. The molecule has 0 saturated carbocycles. The zero-order valence-corrected chi connectivity index (χ0v) is 13.6. The Kier molecular flexibility index (Phi) is 4.80. The second-order valence-corrected chi connectivity index (χ2v) is 5.96. The predicted octanol–water partition coefficient (Wildman–Crippen LogP) is 2.21. The quantitative estimate of drug-likeness (QED) is 0.845. The fourth-order valence-corrected chi connectivity index (χ4v) is 3.07. The zero-order chi connectivity index (χ0) is 16.9. The molecule has 1 aromatic carbocycles. The fourth-order valence-electron chi connectivity index (χ4n) is 3.07. The van der Waals surface area contributed by atoms with Crippen molar-refractivity contribution in [1.82, 2.24) is 14.7 Å². The molecule has 2 aromatic rings. The zero-order valence-electron chi connectivity index (χ0n) is 13.6. The average molecular weight is 324 g/mol. The molecule has 0 N–H and O–H groups in total. The maximum absolute atomic E-state index is 12.7. The summed E-state index contributed by atoms with van der Waals surface area (Å²) >= 11 is 0. The van der Waals surface area contributed by atoms with Crippen LogP contribution in [0.25, 0.3) is 0 Å². The van der Waals surface area contributed by atoms with Crippen LogP contribution >= 0.6 is 0 Å². The minimum atomic E-state index is -0.586. The van der Waals surface area contributed by atoms with Gasteiger partial charge in [0, 0.05) is 18.9 Å². The first-order chi connectivity index (χ1) is 11.7. The summed E-state index contributed by atoms with van der Waals surface area (Å²) in [6, 6.07) is 11.0. The van der Waals surface area contributed by atoms with E-state index in [2.05, 4.69) is 11.2 Å². The van der Waals surface area contributed by atoms with Crippen LogP contribution in [0, 0.1) is 11.3 Å². The van der Waals surface area contributed by atoms with Gasteiger partial charge in [-0.25, -0.2) is 0 Å². The van der Waals surface area contributed by atoms with Crippen LogP contribution in [0.15, 0.2) is 42.7 Å². The van der Waals surface area contributed by atoms with Crippen LogP contribution in [0.3, 0.4) is 0 Å². The van der Waals surface area contributed by atoms with Crippen molar-refractivity contribution in [2.45, 2.75) is 38.5 Å². The molecule has 2 atom stereocenters. The summed E-state index contributed by atoms with van der Waals surface area (Å²) in [5.74, 6) is 0.518. The van der Waals surface area contributed by atoms with Gasteiger partial charge in [-0.1, -0.05) is 6.07 Å². The molecule has 0 radical (unpaired) electrons. The van der Waals surface area contributed by atoms with E-state index < -0.39 is 6.10 Å². The van der Waals surface area contributed by atoms with Gasteiger partial charge in [0.25, 0.3) is 5.91 Å². The molecule has 6 nitrogen and oxygen atoms in total. The Labute approximate surface area is 141 Å². The normalized spacial score (nSPS) is 18.2. The highest BCUT2D eigenvalue weighted by Crippen LogP contribution is 2.22. The molecule has 1 saturated heterocycles. The molecule has 1 aliphatic heterocycles. The van der Waals surface area contributed by atoms with Gasteiger partial charge < -0.3 is 9.64 Å². The predicted molar refractivity (Wildman–Crippen MR) is 88.2 cm³/mol. The molecule has 3 rings (SSSR count). The largest absolute Gasteiger partial charge is 0.481 e. The molecular formula is C18H20N4O2. The highest BCUT2D eigenvalue weighted by Gasteiger charge is 2.32. The van der Waals surface area contributed by atoms with Crippen molar-refractivity contribution in [2.24, 2.45) is 0 Å². The first-order valence-corrected chi connectivity index (χ1v) is 8.12. The molecule has 1 aromatic heterocycles. The van der Waals surface area contributed by atoms with Gasteiger partial charge in [-0.15, -0.1) is 0 Å². The van der Waals surface area contributed by atoms with Crippen molar-refractivity contribution in [3.8, 4) is 11.8 Å². The maximum atomic E-state index is 12.7. The number of rotatable bonds is 5. The van der Waals surface area contributed by atoms with Crippen molar-refractivity contribution in [3.05, 3.63) is 48.3 Å². The number of carbonyl (C=O) groups excluding carboxylic acids is 1. The van der Waals surface area contributed by atoms with Crippen molar-refractivity contribution in [3.63, 3.8) is 0 Å². The molecule has 1 fully saturated rings. The average Bonchev–Trinajstić information content (AvgIpc) is 3.26. The molecule has 6 heteroatoms. The van der Waals surface area contributed by atoms with Crippen LogP contribution in [-0.2, 0) is 11.3 Å². The van der Waals surface area contributed by atoms with Gasteiger partial charge >= 0.3 is 0 Å². The first-order valence-electron chi connectivity index (χ1n) is 8.12. The third kappa shape index (κ3) is 3.57. The number of nitriles is 1. The van der Waals surface area contributed by atoms with E-state index in [0.717, 1.165) is 19.4 Å². The van der Waals surface area contributed by atoms with Crippen LogP contribution in [0.5, 0.6) is 5.75 Å². The van der Waals surface area contributed by atoms with E-state index in [1.165, 1.54) is 0 Å². The lowest BCUT2D eigenvalue weighted by Gasteiger charge is -2.27. The van der Waals surface area contributed by atoms with Crippen LogP contribution in [0.1, 0.15) is 25.3 Å². The highest BCUT2D eigenvalue weighted by molar-refractivity contribution is 5.81. The van der Waals surface area contributed by atoms with Crippen LogP contribution in [0.2, 0.25) is 0 Å². The molecule has 1 aliphatic rings. The van der Waals surface area contributed by atoms with Gasteiger partial charge in [0.05, 0.1) is 24.2 Å². The standard InChI is InChI=1S/C18H20N4O2/c1-14(24-17-7-2-5-15(11-17)12-19)18(23)22-10-3-6-16(22)13-21-9-4-8-20-21/h2,4-5,7-9,11,14,16H,3,6,10,13H2,1H3/t14-,16-/m0/s1. The van der Waals surface area contributed by atoms with Gasteiger partial charge in [-0.05, 0) is 44.0 Å². The van der Waals surface area contributed by atoms with Crippen LogP contribution < -0.4 is 4.74 Å². The van der Waals surface area contributed by atoms with Gasteiger partial charge in [0.2, 0.25) is 0 Å². The number of amides is 1. The minimum absolute atomic E-state index is 0.0213. The molecule has 0 unspecified atom stereocenters. The lowest BCUT2D eigenvalue weighted by Crippen LogP contribution is -2.44. The Hall–Kier alpha value is -2.81. The number of likely N-dealkylation sites (tertiary alicyclic amines) is 1. The smallest absolute Gasteiger partial charge is 0.263 e. The third-order valence-electron chi connectivity index (χ3n) is 4.24. The number of hydrogen-bond acceptors (Lipinski definition) is 4. The fraction of sp³-hybridized carbons (Fsp3) is 0.389. The lowest BCUT2D eigenvalue weighted by molar-refractivity contribution is -0.139. The SMILES string of the molecule is C[C@H](Oc1cccc(C#N)c1)C(=O)N1CCC[C@H]1Cn1cccn1. The molecule has 1 amide bonds. The van der Waals surface area contributed by atoms with Crippen LogP contribution in [-0.4, -0.2) is 39.3 Å². The summed E-state index contributed by atoms with van der Waals surface area (Å²) in [6.07, 6.45) is 5.04. The molecule has 0 aliphatic carbocycles. The molecule has 24 heavy (non-hydrogen) atoms. The van der Waals surface area contributed by atoms with Crippen molar-refractivity contribution in [2.75, 3.05) is 6.54 Å². The monoisotopic (exact) mass is 324 g/mol. The molecule has 0 spiro atoms. The Morgan fingerprint density at radius 1 is 1.50 bits per heavy atom. The van der Waals surface area contributed by atoms with Crippen molar-refractivity contribution in [1.29, 1.82) is 5.26 Å². The third-order valence-corrected chi connectivity index (χ3v) is 4.24. The molecule has 0 bridgehead atoms. The summed E-state index contributed by atoms with van der Waals surface area (Å²) in [6.45, 7) is 3.21. The minimum Gasteiger partial charge on any atom is -0.481 e. The maximum Gasteiger partial charge on any atom is 0.263 e. The summed E-state index contributed by atoms with van der Waals surface area (Å²) < 4.78 is 7.61.